The van der Waals surface area contributed by atoms with Crippen LogP contribution in [0.2, 0.25) is 0 Å². The molecule has 0 spiro atoms. The molecular weight excluding hydrogens is 172 g/mol. The second-order valence-corrected chi connectivity index (χ2v) is 2.48. The molecule has 0 bridgehead atoms. The molecule has 4 heteroatoms. The van der Waals surface area contributed by atoms with Gasteiger partial charge in [0.25, 0.3) is 6.47 Å². The van der Waals surface area contributed by atoms with E-state index < -0.39 is 0 Å². The molecule has 0 saturated heterocycles. The molecule has 13 heavy (non-hydrogen) atoms. The number of carbonyl (C=O) groups is 1. The maximum absolute atomic E-state index is 9.73. The Bertz CT molecular complexity index is 106. The Labute approximate surface area is 79.2 Å². The molecule has 0 rings (SSSR count). The average molecular weight is 190 g/mol. The summed E-state index contributed by atoms with van der Waals surface area (Å²) >= 11 is 0. The predicted molar refractivity (Wildman–Crippen MR) is 48.6 cm³/mol. The summed E-state index contributed by atoms with van der Waals surface area (Å²) in [5.74, 6) is 0. The Balaban J connectivity index is 2.79. The highest BCUT2D eigenvalue weighted by atomic mass is 16.5. The van der Waals surface area contributed by atoms with Gasteiger partial charge < -0.3 is 14.2 Å². The molecule has 0 aromatic heterocycles. The first-order valence-corrected chi connectivity index (χ1v) is 4.62. The predicted octanol–water partition coefficient (Wildman–Crippen LogP) is 0.993. The Morgan fingerprint density at radius 1 is 1.00 bits per heavy atom. The zero-order chi connectivity index (χ0) is 9.78. The molecule has 0 heterocycles. The van der Waals surface area contributed by atoms with Gasteiger partial charge in [-0.1, -0.05) is 0 Å². The Morgan fingerprint density at radius 3 is 2.23 bits per heavy atom. The first-order chi connectivity index (χ1) is 6.41. The van der Waals surface area contributed by atoms with Crippen molar-refractivity contribution in [3.63, 3.8) is 0 Å². The number of ether oxygens (including phenoxy) is 3. The summed E-state index contributed by atoms with van der Waals surface area (Å²) < 4.78 is 14.9. The van der Waals surface area contributed by atoms with Crippen LogP contribution in [0, 0.1) is 0 Å². The molecule has 0 amide bonds. The minimum Gasteiger partial charge on any atom is -0.468 e. The Hall–Kier alpha value is -0.610. The van der Waals surface area contributed by atoms with Crippen LogP contribution in [-0.4, -0.2) is 39.5 Å². The molecule has 0 saturated carbocycles. The van der Waals surface area contributed by atoms with E-state index in [4.69, 9.17) is 9.47 Å². The first kappa shape index (κ1) is 12.4. The standard InChI is InChI=1S/C9H18O4/c1-2-11-5-3-6-12-7-4-8-13-9-10/h9H,2-8H2,1H3. The van der Waals surface area contributed by atoms with Gasteiger partial charge in [0.2, 0.25) is 0 Å². The van der Waals surface area contributed by atoms with Gasteiger partial charge >= 0.3 is 0 Å². The van der Waals surface area contributed by atoms with Gasteiger partial charge in [0.1, 0.15) is 0 Å². The molecule has 4 nitrogen and oxygen atoms in total. The minimum atomic E-state index is 0.439. The molecule has 0 aromatic carbocycles. The van der Waals surface area contributed by atoms with Gasteiger partial charge in [-0.3, -0.25) is 4.79 Å². The van der Waals surface area contributed by atoms with Crippen LogP contribution in [0.15, 0.2) is 0 Å². The fourth-order valence-corrected chi connectivity index (χ4v) is 0.802. The topological polar surface area (TPSA) is 44.8 Å². The van der Waals surface area contributed by atoms with E-state index in [0.29, 0.717) is 26.3 Å². The third-order valence-electron chi connectivity index (χ3n) is 1.40. The van der Waals surface area contributed by atoms with Gasteiger partial charge in [0, 0.05) is 32.8 Å². The summed E-state index contributed by atoms with van der Waals surface area (Å²) in [6.07, 6.45) is 1.68. The van der Waals surface area contributed by atoms with Crippen molar-refractivity contribution in [2.24, 2.45) is 0 Å². The molecule has 0 N–H and O–H groups in total. The molecule has 0 aliphatic rings. The highest BCUT2D eigenvalue weighted by Gasteiger charge is 1.90. The van der Waals surface area contributed by atoms with Crippen LogP contribution in [0.3, 0.4) is 0 Å². The number of rotatable bonds is 10. The van der Waals surface area contributed by atoms with Crippen molar-refractivity contribution in [3.05, 3.63) is 0 Å². The van der Waals surface area contributed by atoms with E-state index in [1.165, 1.54) is 0 Å². The summed E-state index contributed by atoms with van der Waals surface area (Å²) in [5.41, 5.74) is 0. The molecule has 0 atom stereocenters. The van der Waals surface area contributed by atoms with Crippen LogP contribution in [0.4, 0.5) is 0 Å². The van der Waals surface area contributed by atoms with Crippen LogP contribution in [0.25, 0.3) is 0 Å². The van der Waals surface area contributed by atoms with Crippen LogP contribution in [0.1, 0.15) is 19.8 Å². The Kier molecular flexibility index (Phi) is 10.9. The molecule has 0 aliphatic carbocycles. The van der Waals surface area contributed by atoms with Gasteiger partial charge in [-0.05, 0) is 13.3 Å². The van der Waals surface area contributed by atoms with Gasteiger partial charge in [0.05, 0.1) is 6.61 Å². The van der Waals surface area contributed by atoms with Crippen molar-refractivity contribution in [2.75, 3.05) is 33.0 Å². The van der Waals surface area contributed by atoms with E-state index in [0.717, 1.165) is 26.1 Å². The number of carbonyl (C=O) groups excluding carboxylic acids is 1. The molecular formula is C9H18O4. The van der Waals surface area contributed by atoms with E-state index >= 15 is 0 Å². The van der Waals surface area contributed by atoms with Crippen LogP contribution >= 0.6 is 0 Å². The second kappa shape index (κ2) is 11.4. The van der Waals surface area contributed by atoms with E-state index in [9.17, 15) is 4.79 Å². The van der Waals surface area contributed by atoms with E-state index in [-0.39, 0.29) is 0 Å². The summed E-state index contributed by atoms with van der Waals surface area (Å²) in [7, 11) is 0. The number of hydrogen-bond acceptors (Lipinski definition) is 4. The zero-order valence-corrected chi connectivity index (χ0v) is 8.16. The average Bonchev–Trinajstić information content (AvgIpc) is 2.16. The lowest BCUT2D eigenvalue weighted by atomic mass is 10.4. The van der Waals surface area contributed by atoms with Crippen molar-refractivity contribution in [1.29, 1.82) is 0 Å². The summed E-state index contributed by atoms with van der Waals surface area (Å²) in [6.45, 7) is 5.72. The third kappa shape index (κ3) is 11.4. The minimum absolute atomic E-state index is 0.439. The van der Waals surface area contributed by atoms with Gasteiger partial charge in [-0.2, -0.15) is 0 Å². The van der Waals surface area contributed by atoms with Crippen molar-refractivity contribution in [3.8, 4) is 0 Å². The number of hydrogen-bond donors (Lipinski definition) is 0. The molecule has 0 aliphatic heterocycles. The quantitative estimate of drug-likeness (QED) is 0.380. The highest BCUT2D eigenvalue weighted by Crippen LogP contribution is 1.87. The SMILES string of the molecule is CCOCCCOCCCOC=O. The van der Waals surface area contributed by atoms with Gasteiger partial charge in [-0.15, -0.1) is 0 Å². The van der Waals surface area contributed by atoms with E-state index in [1.807, 2.05) is 6.92 Å². The third-order valence-corrected chi connectivity index (χ3v) is 1.40. The fourth-order valence-electron chi connectivity index (χ4n) is 0.802. The van der Waals surface area contributed by atoms with Crippen LogP contribution < -0.4 is 0 Å². The first-order valence-electron chi connectivity index (χ1n) is 4.62. The molecule has 0 unspecified atom stereocenters. The van der Waals surface area contributed by atoms with Crippen LogP contribution in [-0.2, 0) is 19.0 Å². The largest absolute Gasteiger partial charge is 0.468 e. The van der Waals surface area contributed by atoms with E-state index in [1.54, 1.807) is 0 Å². The second-order valence-electron chi connectivity index (χ2n) is 2.48. The lowest BCUT2D eigenvalue weighted by Gasteiger charge is -2.03. The van der Waals surface area contributed by atoms with Crippen molar-refractivity contribution < 1.29 is 19.0 Å². The zero-order valence-electron chi connectivity index (χ0n) is 8.16. The molecule has 0 aromatic rings. The molecule has 0 fully saturated rings. The van der Waals surface area contributed by atoms with E-state index in [2.05, 4.69) is 4.74 Å². The smallest absolute Gasteiger partial charge is 0.293 e. The summed E-state index contributed by atoms with van der Waals surface area (Å²) in [4.78, 5) is 9.73. The monoisotopic (exact) mass is 190 g/mol. The lowest BCUT2D eigenvalue weighted by Crippen LogP contribution is -2.04. The normalized spacial score (nSPS) is 9.92. The molecule has 78 valence electrons. The maximum Gasteiger partial charge on any atom is 0.293 e. The lowest BCUT2D eigenvalue weighted by molar-refractivity contribution is -0.129. The summed E-state index contributed by atoms with van der Waals surface area (Å²) in [5, 5.41) is 0. The van der Waals surface area contributed by atoms with Gasteiger partial charge in [0.15, 0.2) is 0 Å². The van der Waals surface area contributed by atoms with Crippen molar-refractivity contribution in [1.82, 2.24) is 0 Å². The Morgan fingerprint density at radius 2 is 1.62 bits per heavy atom. The van der Waals surface area contributed by atoms with Crippen molar-refractivity contribution in [2.45, 2.75) is 19.8 Å². The highest BCUT2D eigenvalue weighted by molar-refractivity contribution is 5.36. The molecule has 0 radical (unpaired) electrons. The van der Waals surface area contributed by atoms with Gasteiger partial charge in [-0.25, -0.2) is 0 Å². The summed E-state index contributed by atoms with van der Waals surface area (Å²) in [6, 6.07) is 0. The maximum atomic E-state index is 9.73. The van der Waals surface area contributed by atoms with Crippen molar-refractivity contribution >= 4 is 6.47 Å². The fraction of sp³-hybridized carbons (Fsp3) is 0.889. The van der Waals surface area contributed by atoms with Crippen LogP contribution in [0.5, 0.6) is 0 Å².